The Morgan fingerprint density at radius 3 is 2.70 bits per heavy atom. The lowest BCUT2D eigenvalue weighted by molar-refractivity contribution is -0.386. The fraction of sp³-hybridized carbons (Fsp3) is 0.250. The van der Waals surface area contributed by atoms with Crippen LogP contribution in [0.1, 0.15) is 11.4 Å². The zero-order valence-electron chi connectivity index (χ0n) is 10.8. The number of nitro groups is 1. The van der Waals surface area contributed by atoms with E-state index in [0.717, 1.165) is 0 Å². The highest BCUT2D eigenvalue weighted by Gasteiger charge is 2.21. The van der Waals surface area contributed by atoms with Gasteiger partial charge in [-0.15, -0.1) is 0 Å². The van der Waals surface area contributed by atoms with Gasteiger partial charge in [-0.2, -0.15) is 5.10 Å². The van der Waals surface area contributed by atoms with Crippen LogP contribution in [0.2, 0.25) is 10.0 Å². The van der Waals surface area contributed by atoms with Crippen LogP contribution in [0.3, 0.4) is 0 Å². The maximum atomic E-state index is 10.9. The Labute approximate surface area is 125 Å². The van der Waals surface area contributed by atoms with E-state index in [0.29, 0.717) is 27.2 Å². The van der Waals surface area contributed by atoms with Crippen molar-refractivity contribution in [3.8, 4) is 5.75 Å². The van der Waals surface area contributed by atoms with Crippen molar-refractivity contribution in [2.45, 2.75) is 20.6 Å². The van der Waals surface area contributed by atoms with Crippen molar-refractivity contribution in [3.63, 3.8) is 0 Å². The Balaban J connectivity index is 2.22. The van der Waals surface area contributed by atoms with Gasteiger partial charge in [0, 0.05) is 0 Å². The molecular formula is C12H11Cl2N3O3. The summed E-state index contributed by atoms with van der Waals surface area (Å²) in [5.74, 6) is 0.398. The number of hydrogen-bond acceptors (Lipinski definition) is 4. The van der Waals surface area contributed by atoms with Crippen LogP contribution in [0.5, 0.6) is 5.75 Å². The van der Waals surface area contributed by atoms with Crippen LogP contribution in [0.25, 0.3) is 0 Å². The molecule has 0 aliphatic heterocycles. The minimum atomic E-state index is -0.458. The zero-order chi connectivity index (χ0) is 14.9. The molecule has 1 aromatic heterocycles. The van der Waals surface area contributed by atoms with Gasteiger partial charge in [0.2, 0.25) is 0 Å². The number of aromatic nitrogens is 2. The van der Waals surface area contributed by atoms with Crippen LogP contribution in [-0.2, 0) is 6.73 Å². The molecule has 0 bridgehead atoms. The largest absolute Gasteiger partial charge is 0.470 e. The summed E-state index contributed by atoms with van der Waals surface area (Å²) in [7, 11) is 0. The van der Waals surface area contributed by atoms with Gasteiger partial charge in [0.05, 0.1) is 9.95 Å². The van der Waals surface area contributed by atoms with E-state index < -0.39 is 4.92 Å². The minimum absolute atomic E-state index is 0.00853. The highest BCUT2D eigenvalue weighted by atomic mass is 35.5. The lowest BCUT2D eigenvalue weighted by atomic mass is 10.3. The van der Waals surface area contributed by atoms with E-state index in [4.69, 9.17) is 27.9 Å². The number of rotatable bonds is 4. The molecule has 1 heterocycles. The summed E-state index contributed by atoms with van der Waals surface area (Å²) in [5, 5.41) is 15.6. The predicted molar refractivity (Wildman–Crippen MR) is 75.4 cm³/mol. The topological polar surface area (TPSA) is 70.2 Å². The Morgan fingerprint density at radius 1 is 1.40 bits per heavy atom. The van der Waals surface area contributed by atoms with Crippen LogP contribution in [0.15, 0.2) is 18.2 Å². The molecule has 0 saturated carbocycles. The van der Waals surface area contributed by atoms with Gasteiger partial charge in [0.15, 0.2) is 6.73 Å². The lowest BCUT2D eigenvalue weighted by Crippen LogP contribution is -2.09. The van der Waals surface area contributed by atoms with Gasteiger partial charge < -0.3 is 4.74 Å². The summed E-state index contributed by atoms with van der Waals surface area (Å²) in [4.78, 5) is 10.4. The number of aryl methyl sites for hydroxylation is 1. The molecule has 0 saturated heterocycles. The van der Waals surface area contributed by atoms with Crippen molar-refractivity contribution < 1.29 is 9.66 Å². The van der Waals surface area contributed by atoms with Crippen molar-refractivity contribution in [1.29, 1.82) is 0 Å². The Bertz CT molecular complexity index is 670. The fourth-order valence-electron chi connectivity index (χ4n) is 1.80. The molecule has 0 aliphatic carbocycles. The average molecular weight is 316 g/mol. The number of benzene rings is 1. The molecule has 0 spiro atoms. The monoisotopic (exact) mass is 315 g/mol. The van der Waals surface area contributed by atoms with E-state index in [1.54, 1.807) is 32.0 Å². The van der Waals surface area contributed by atoms with E-state index in [1.165, 1.54) is 4.68 Å². The molecule has 0 amide bonds. The van der Waals surface area contributed by atoms with E-state index in [9.17, 15) is 10.1 Å². The van der Waals surface area contributed by atoms with Crippen molar-refractivity contribution in [2.75, 3.05) is 0 Å². The van der Waals surface area contributed by atoms with E-state index >= 15 is 0 Å². The summed E-state index contributed by atoms with van der Waals surface area (Å²) in [6, 6.07) is 5.01. The molecule has 0 radical (unpaired) electrons. The second kappa shape index (κ2) is 5.68. The molecule has 0 unspecified atom stereocenters. The summed E-state index contributed by atoms with van der Waals surface area (Å²) < 4.78 is 6.90. The SMILES string of the molecule is Cc1nn(COc2cccc(Cl)c2Cl)c(C)c1[N+](=O)[O-]. The standard InChI is InChI=1S/C12H11Cl2N3O3/c1-7-12(17(18)19)8(2)16(15-7)6-20-10-5-3-4-9(13)11(10)14/h3-5H,6H2,1-2H3. The first kappa shape index (κ1) is 14.6. The maximum absolute atomic E-state index is 10.9. The summed E-state index contributed by atoms with van der Waals surface area (Å²) in [5.41, 5.74) is 0.754. The molecule has 106 valence electrons. The van der Waals surface area contributed by atoms with Crippen molar-refractivity contribution in [2.24, 2.45) is 0 Å². The van der Waals surface area contributed by atoms with Crippen LogP contribution in [-0.4, -0.2) is 14.7 Å². The average Bonchev–Trinajstić information content (AvgIpc) is 2.66. The fourth-order valence-corrected chi connectivity index (χ4v) is 2.15. The van der Waals surface area contributed by atoms with Crippen molar-refractivity contribution in [3.05, 3.63) is 49.7 Å². The first-order chi connectivity index (χ1) is 9.41. The Hall–Kier alpha value is -1.79. The van der Waals surface area contributed by atoms with Gasteiger partial charge in [-0.05, 0) is 26.0 Å². The van der Waals surface area contributed by atoms with Crippen LogP contribution in [0, 0.1) is 24.0 Å². The van der Waals surface area contributed by atoms with Crippen LogP contribution >= 0.6 is 23.2 Å². The Kier molecular flexibility index (Phi) is 4.15. The van der Waals surface area contributed by atoms with Crippen LogP contribution < -0.4 is 4.74 Å². The predicted octanol–water partition coefficient (Wildman–Crippen LogP) is 3.75. The summed E-state index contributed by atoms with van der Waals surface area (Å²) >= 11 is 11.9. The number of ether oxygens (including phenoxy) is 1. The molecule has 0 fully saturated rings. The molecule has 2 aromatic rings. The number of halogens is 2. The highest BCUT2D eigenvalue weighted by molar-refractivity contribution is 6.42. The third-order valence-corrected chi connectivity index (χ3v) is 3.59. The molecule has 0 N–H and O–H groups in total. The molecular weight excluding hydrogens is 305 g/mol. The third kappa shape index (κ3) is 2.71. The summed E-state index contributed by atoms with van der Waals surface area (Å²) in [6.45, 7) is 3.20. The molecule has 6 nitrogen and oxygen atoms in total. The van der Waals surface area contributed by atoms with Crippen molar-refractivity contribution >= 4 is 28.9 Å². The second-order valence-electron chi connectivity index (χ2n) is 4.10. The molecule has 1 aromatic carbocycles. The van der Waals surface area contributed by atoms with Gasteiger partial charge in [-0.1, -0.05) is 29.3 Å². The highest BCUT2D eigenvalue weighted by Crippen LogP contribution is 2.32. The number of hydrogen-bond donors (Lipinski definition) is 0. The van der Waals surface area contributed by atoms with Gasteiger partial charge in [-0.3, -0.25) is 10.1 Å². The Morgan fingerprint density at radius 2 is 2.10 bits per heavy atom. The van der Waals surface area contributed by atoms with E-state index in [2.05, 4.69) is 5.10 Å². The smallest absolute Gasteiger partial charge is 0.312 e. The van der Waals surface area contributed by atoms with E-state index in [-0.39, 0.29) is 12.4 Å². The molecule has 0 atom stereocenters. The van der Waals surface area contributed by atoms with Crippen molar-refractivity contribution in [1.82, 2.24) is 9.78 Å². The lowest BCUT2D eigenvalue weighted by Gasteiger charge is -2.09. The normalized spacial score (nSPS) is 10.6. The molecule has 20 heavy (non-hydrogen) atoms. The minimum Gasteiger partial charge on any atom is -0.470 e. The zero-order valence-corrected chi connectivity index (χ0v) is 12.3. The third-order valence-electron chi connectivity index (χ3n) is 2.78. The molecule has 8 heteroatoms. The van der Waals surface area contributed by atoms with Gasteiger partial charge in [0.1, 0.15) is 22.2 Å². The van der Waals surface area contributed by atoms with Gasteiger partial charge >= 0.3 is 5.69 Å². The first-order valence-corrected chi connectivity index (χ1v) is 6.42. The summed E-state index contributed by atoms with van der Waals surface area (Å²) in [6.07, 6.45) is 0. The van der Waals surface area contributed by atoms with E-state index in [1.807, 2.05) is 0 Å². The molecule has 2 rings (SSSR count). The molecule has 0 aliphatic rings. The number of nitrogens with zero attached hydrogens (tertiary/aromatic N) is 3. The quantitative estimate of drug-likeness (QED) is 0.636. The van der Waals surface area contributed by atoms with Gasteiger partial charge in [0.25, 0.3) is 0 Å². The van der Waals surface area contributed by atoms with Gasteiger partial charge in [-0.25, -0.2) is 4.68 Å². The second-order valence-corrected chi connectivity index (χ2v) is 4.89. The maximum Gasteiger partial charge on any atom is 0.312 e. The van der Waals surface area contributed by atoms with Crippen LogP contribution in [0.4, 0.5) is 5.69 Å². The first-order valence-electron chi connectivity index (χ1n) is 5.67.